The van der Waals surface area contributed by atoms with Gasteiger partial charge in [-0.2, -0.15) is 13.2 Å². The number of fused-ring (bicyclic) bond motifs is 1. The van der Waals surface area contributed by atoms with Gasteiger partial charge in [-0.05, 0) is 50.0 Å². The van der Waals surface area contributed by atoms with Crippen molar-refractivity contribution in [3.63, 3.8) is 0 Å². The van der Waals surface area contributed by atoms with Crippen molar-refractivity contribution in [2.45, 2.75) is 63.6 Å². The van der Waals surface area contributed by atoms with Gasteiger partial charge in [-0.15, -0.1) is 0 Å². The van der Waals surface area contributed by atoms with E-state index in [1.807, 2.05) is 0 Å². The van der Waals surface area contributed by atoms with Gasteiger partial charge >= 0.3 is 6.18 Å². The SMILES string of the molecule is CN=C(NCC1CCN(CC(F)(F)F)C1)NC1CCC2CCCCC2C1. The maximum atomic E-state index is 12.5. The summed E-state index contributed by atoms with van der Waals surface area (Å²) in [5.41, 5.74) is 0. The van der Waals surface area contributed by atoms with Gasteiger partial charge in [0.25, 0.3) is 0 Å². The zero-order valence-corrected chi connectivity index (χ0v) is 15.8. The standard InChI is InChI=1S/C19H33F3N4/c1-23-18(24-11-14-8-9-26(12-14)13-19(20,21)22)25-17-7-6-15-4-2-3-5-16(15)10-17/h14-17H,2-13H2,1H3,(H2,23,24,25). The summed E-state index contributed by atoms with van der Waals surface area (Å²) < 4.78 is 37.5. The van der Waals surface area contributed by atoms with Crippen molar-refractivity contribution < 1.29 is 13.2 Å². The first kappa shape index (κ1) is 19.8. The lowest BCUT2D eigenvalue weighted by molar-refractivity contribution is -0.143. The molecule has 150 valence electrons. The number of hydrogen-bond donors (Lipinski definition) is 2. The van der Waals surface area contributed by atoms with E-state index in [9.17, 15) is 13.2 Å². The third-order valence-corrected chi connectivity index (χ3v) is 6.44. The van der Waals surface area contributed by atoms with Gasteiger partial charge in [-0.1, -0.05) is 25.7 Å². The van der Waals surface area contributed by atoms with Gasteiger partial charge < -0.3 is 10.6 Å². The highest BCUT2D eigenvalue weighted by molar-refractivity contribution is 5.79. The highest BCUT2D eigenvalue weighted by atomic mass is 19.4. The van der Waals surface area contributed by atoms with Crippen molar-refractivity contribution in [2.75, 3.05) is 33.2 Å². The second kappa shape index (κ2) is 8.81. The molecule has 1 aliphatic heterocycles. The van der Waals surface area contributed by atoms with Gasteiger partial charge in [0.1, 0.15) is 0 Å². The monoisotopic (exact) mass is 374 g/mol. The van der Waals surface area contributed by atoms with E-state index in [0.29, 0.717) is 25.7 Å². The lowest BCUT2D eigenvalue weighted by Gasteiger charge is -2.40. The van der Waals surface area contributed by atoms with E-state index in [1.54, 1.807) is 7.05 Å². The molecule has 3 fully saturated rings. The van der Waals surface area contributed by atoms with Crippen molar-refractivity contribution in [3.05, 3.63) is 0 Å². The molecule has 0 radical (unpaired) electrons. The number of guanidine groups is 1. The molecule has 26 heavy (non-hydrogen) atoms. The fraction of sp³-hybridized carbons (Fsp3) is 0.947. The van der Waals surface area contributed by atoms with Crippen LogP contribution in [0.2, 0.25) is 0 Å². The molecule has 0 aromatic carbocycles. The molecule has 4 unspecified atom stereocenters. The fourth-order valence-electron chi connectivity index (χ4n) is 5.11. The molecule has 0 amide bonds. The molecule has 4 nitrogen and oxygen atoms in total. The molecule has 2 saturated carbocycles. The molecule has 2 N–H and O–H groups in total. The third kappa shape index (κ3) is 5.76. The predicted molar refractivity (Wildman–Crippen MR) is 98.2 cm³/mol. The molecule has 7 heteroatoms. The Morgan fingerprint density at radius 3 is 2.58 bits per heavy atom. The van der Waals surface area contributed by atoms with Crippen LogP contribution in [0.25, 0.3) is 0 Å². The molecular formula is C19H33F3N4. The Labute approximate surface area is 155 Å². The Kier molecular flexibility index (Phi) is 6.70. The maximum Gasteiger partial charge on any atom is 0.401 e. The average Bonchev–Trinajstić information content (AvgIpc) is 3.04. The molecule has 0 bridgehead atoms. The summed E-state index contributed by atoms with van der Waals surface area (Å²) in [4.78, 5) is 5.83. The van der Waals surface area contributed by atoms with E-state index in [2.05, 4.69) is 15.6 Å². The molecule has 3 aliphatic rings. The van der Waals surface area contributed by atoms with E-state index in [4.69, 9.17) is 0 Å². The average molecular weight is 374 g/mol. The van der Waals surface area contributed by atoms with Crippen LogP contribution in [0.3, 0.4) is 0 Å². The van der Waals surface area contributed by atoms with Gasteiger partial charge in [0, 0.05) is 26.2 Å². The van der Waals surface area contributed by atoms with Crippen LogP contribution in [-0.4, -0.2) is 56.3 Å². The van der Waals surface area contributed by atoms with Crippen LogP contribution in [0.1, 0.15) is 51.4 Å². The van der Waals surface area contributed by atoms with Crippen LogP contribution in [0.5, 0.6) is 0 Å². The molecule has 0 spiro atoms. The first-order valence-electron chi connectivity index (χ1n) is 10.2. The Bertz CT molecular complexity index is 480. The summed E-state index contributed by atoms with van der Waals surface area (Å²) in [7, 11) is 1.77. The summed E-state index contributed by atoms with van der Waals surface area (Å²) in [6, 6.07) is 0.478. The summed E-state index contributed by atoms with van der Waals surface area (Å²) in [6.07, 6.45) is 6.00. The molecule has 2 aliphatic carbocycles. The Hall–Kier alpha value is -0.980. The molecule has 3 rings (SSSR count). The van der Waals surface area contributed by atoms with E-state index >= 15 is 0 Å². The van der Waals surface area contributed by atoms with Gasteiger partial charge in [0.05, 0.1) is 6.54 Å². The Morgan fingerprint density at radius 2 is 1.85 bits per heavy atom. The van der Waals surface area contributed by atoms with Crippen LogP contribution in [0, 0.1) is 17.8 Å². The largest absolute Gasteiger partial charge is 0.401 e. The molecule has 0 aromatic heterocycles. The number of hydrogen-bond acceptors (Lipinski definition) is 2. The summed E-state index contributed by atoms with van der Waals surface area (Å²) >= 11 is 0. The smallest absolute Gasteiger partial charge is 0.356 e. The van der Waals surface area contributed by atoms with Crippen molar-refractivity contribution in [1.29, 1.82) is 0 Å². The minimum atomic E-state index is -4.10. The topological polar surface area (TPSA) is 39.7 Å². The second-order valence-corrected chi connectivity index (χ2v) is 8.42. The van der Waals surface area contributed by atoms with Crippen LogP contribution in [0.4, 0.5) is 13.2 Å². The van der Waals surface area contributed by atoms with E-state index in [1.165, 1.54) is 49.8 Å². The highest BCUT2D eigenvalue weighted by Gasteiger charge is 2.35. The van der Waals surface area contributed by atoms with E-state index in [-0.39, 0.29) is 5.92 Å². The number of likely N-dealkylation sites (tertiary alicyclic amines) is 1. The quantitative estimate of drug-likeness (QED) is 0.585. The molecule has 4 atom stereocenters. The summed E-state index contributed by atoms with van der Waals surface area (Å²) in [5.74, 6) is 2.84. The minimum absolute atomic E-state index is 0.255. The first-order chi connectivity index (χ1) is 12.4. The lowest BCUT2D eigenvalue weighted by Crippen LogP contribution is -2.48. The lowest BCUT2D eigenvalue weighted by atomic mass is 9.69. The van der Waals surface area contributed by atoms with Crippen molar-refractivity contribution >= 4 is 5.96 Å². The normalized spacial score (nSPS) is 33.8. The van der Waals surface area contributed by atoms with Gasteiger partial charge in [0.2, 0.25) is 0 Å². The van der Waals surface area contributed by atoms with Crippen LogP contribution in [-0.2, 0) is 0 Å². The van der Waals surface area contributed by atoms with Gasteiger partial charge in [-0.25, -0.2) is 0 Å². The molecule has 1 heterocycles. The third-order valence-electron chi connectivity index (χ3n) is 6.44. The first-order valence-corrected chi connectivity index (χ1v) is 10.2. The number of nitrogens with zero attached hydrogens (tertiary/aromatic N) is 2. The maximum absolute atomic E-state index is 12.5. The van der Waals surface area contributed by atoms with Crippen LogP contribution >= 0.6 is 0 Å². The number of rotatable bonds is 4. The van der Waals surface area contributed by atoms with Crippen LogP contribution in [0.15, 0.2) is 4.99 Å². The number of nitrogens with one attached hydrogen (secondary N) is 2. The van der Waals surface area contributed by atoms with E-state index in [0.717, 1.165) is 24.2 Å². The molecule has 1 saturated heterocycles. The molecular weight excluding hydrogens is 341 g/mol. The van der Waals surface area contributed by atoms with E-state index < -0.39 is 12.7 Å². The zero-order valence-electron chi connectivity index (χ0n) is 15.8. The van der Waals surface area contributed by atoms with Crippen LogP contribution < -0.4 is 10.6 Å². The molecule has 0 aromatic rings. The van der Waals surface area contributed by atoms with Gasteiger partial charge in [0.15, 0.2) is 5.96 Å². The Morgan fingerprint density at radius 1 is 1.08 bits per heavy atom. The number of halogens is 3. The summed E-state index contributed by atoms with van der Waals surface area (Å²) in [5, 5.41) is 6.90. The minimum Gasteiger partial charge on any atom is -0.356 e. The van der Waals surface area contributed by atoms with Crippen molar-refractivity contribution in [2.24, 2.45) is 22.7 Å². The fourth-order valence-corrected chi connectivity index (χ4v) is 5.11. The second-order valence-electron chi connectivity index (χ2n) is 8.42. The highest BCUT2D eigenvalue weighted by Crippen LogP contribution is 2.40. The van der Waals surface area contributed by atoms with Gasteiger partial charge in [-0.3, -0.25) is 9.89 Å². The van der Waals surface area contributed by atoms with Crippen molar-refractivity contribution in [1.82, 2.24) is 15.5 Å². The number of aliphatic imine (C=N–C) groups is 1. The zero-order chi connectivity index (χ0) is 18.6. The predicted octanol–water partition coefficient (Wildman–Crippen LogP) is 3.39. The summed E-state index contributed by atoms with van der Waals surface area (Å²) in [6.45, 7) is 0.939. The van der Waals surface area contributed by atoms with Crippen molar-refractivity contribution in [3.8, 4) is 0 Å². The number of alkyl halides is 3. The Balaban J connectivity index is 1.39.